The SMILES string of the molecule is CN=C(NCCc1nc(C)c(C)s1)NCCc1ccc(F)cc1F. The summed E-state index contributed by atoms with van der Waals surface area (Å²) in [7, 11) is 1.69. The maximum atomic E-state index is 13.6. The smallest absolute Gasteiger partial charge is 0.191 e. The van der Waals surface area contributed by atoms with Gasteiger partial charge in [-0.2, -0.15) is 0 Å². The minimum absolute atomic E-state index is 0.456. The first-order valence-electron chi connectivity index (χ1n) is 7.81. The van der Waals surface area contributed by atoms with Crippen molar-refractivity contribution in [2.45, 2.75) is 26.7 Å². The number of nitrogens with one attached hydrogen (secondary N) is 2. The summed E-state index contributed by atoms with van der Waals surface area (Å²) in [5, 5.41) is 7.43. The van der Waals surface area contributed by atoms with E-state index in [0.717, 1.165) is 29.7 Å². The number of guanidine groups is 1. The van der Waals surface area contributed by atoms with Crippen LogP contribution < -0.4 is 10.6 Å². The molecule has 2 N–H and O–H groups in total. The number of thiazole rings is 1. The second-order valence-corrected chi connectivity index (χ2v) is 6.70. The molecule has 0 saturated carbocycles. The van der Waals surface area contributed by atoms with Gasteiger partial charge in [0.1, 0.15) is 11.6 Å². The lowest BCUT2D eigenvalue weighted by atomic mass is 10.1. The highest BCUT2D eigenvalue weighted by molar-refractivity contribution is 7.11. The third-order valence-electron chi connectivity index (χ3n) is 3.63. The van der Waals surface area contributed by atoms with Crippen LogP contribution in [-0.4, -0.2) is 31.1 Å². The van der Waals surface area contributed by atoms with E-state index >= 15 is 0 Å². The molecule has 0 fully saturated rings. The van der Waals surface area contributed by atoms with Crippen LogP contribution >= 0.6 is 11.3 Å². The summed E-state index contributed by atoms with van der Waals surface area (Å²) in [6.07, 6.45) is 1.28. The average molecular weight is 352 g/mol. The van der Waals surface area contributed by atoms with E-state index in [1.807, 2.05) is 6.92 Å². The van der Waals surface area contributed by atoms with Crippen LogP contribution in [0.5, 0.6) is 0 Å². The standard InChI is InChI=1S/C17H22F2N4S/c1-11-12(2)24-16(23-11)7-9-22-17(20-3)21-8-6-13-4-5-14(18)10-15(13)19/h4-5,10H,6-9H2,1-3H3,(H2,20,21,22). The van der Waals surface area contributed by atoms with Crippen LogP contribution in [0, 0.1) is 25.5 Å². The first-order valence-corrected chi connectivity index (χ1v) is 8.62. The minimum atomic E-state index is -0.561. The number of aryl methyl sites for hydroxylation is 2. The molecule has 7 heteroatoms. The molecule has 0 radical (unpaired) electrons. The number of rotatable bonds is 6. The normalized spacial score (nSPS) is 11.6. The Morgan fingerprint density at radius 2 is 1.88 bits per heavy atom. The Balaban J connectivity index is 1.74. The van der Waals surface area contributed by atoms with Crippen molar-refractivity contribution in [1.29, 1.82) is 0 Å². The van der Waals surface area contributed by atoms with Crippen LogP contribution in [0.4, 0.5) is 8.78 Å². The van der Waals surface area contributed by atoms with Crippen molar-refractivity contribution in [2.75, 3.05) is 20.1 Å². The summed E-state index contributed by atoms with van der Waals surface area (Å²) in [6.45, 7) is 5.31. The number of nitrogens with zero attached hydrogens (tertiary/aromatic N) is 2. The van der Waals surface area contributed by atoms with Gasteiger partial charge >= 0.3 is 0 Å². The van der Waals surface area contributed by atoms with Gasteiger partial charge in [-0.25, -0.2) is 13.8 Å². The van der Waals surface area contributed by atoms with E-state index in [0.29, 0.717) is 24.5 Å². The molecule has 4 nitrogen and oxygen atoms in total. The first-order chi connectivity index (χ1) is 11.5. The highest BCUT2D eigenvalue weighted by Gasteiger charge is 2.06. The van der Waals surface area contributed by atoms with Crippen molar-refractivity contribution < 1.29 is 8.78 Å². The molecule has 0 atom stereocenters. The lowest BCUT2D eigenvalue weighted by molar-refractivity contribution is 0.570. The van der Waals surface area contributed by atoms with E-state index in [1.165, 1.54) is 17.0 Å². The second kappa shape index (κ2) is 8.73. The van der Waals surface area contributed by atoms with E-state index in [4.69, 9.17) is 0 Å². The number of aliphatic imine (C=N–C) groups is 1. The lowest BCUT2D eigenvalue weighted by Crippen LogP contribution is -2.39. The van der Waals surface area contributed by atoms with Crippen LogP contribution in [-0.2, 0) is 12.8 Å². The van der Waals surface area contributed by atoms with E-state index in [9.17, 15) is 8.78 Å². The molecule has 0 saturated heterocycles. The summed E-state index contributed by atoms with van der Waals surface area (Å²) < 4.78 is 26.4. The van der Waals surface area contributed by atoms with Crippen molar-refractivity contribution in [3.63, 3.8) is 0 Å². The highest BCUT2D eigenvalue weighted by atomic mass is 32.1. The predicted molar refractivity (Wildman–Crippen MR) is 94.7 cm³/mol. The third kappa shape index (κ3) is 5.26. The lowest BCUT2D eigenvalue weighted by Gasteiger charge is -2.11. The maximum Gasteiger partial charge on any atom is 0.191 e. The number of aromatic nitrogens is 1. The summed E-state index contributed by atoms with van der Waals surface area (Å²) >= 11 is 1.71. The Bertz CT molecular complexity index is 693. The molecule has 0 bridgehead atoms. The molecule has 0 spiro atoms. The molecular formula is C17H22F2N4S. The fraction of sp³-hybridized carbons (Fsp3) is 0.412. The summed E-state index contributed by atoms with van der Waals surface area (Å²) in [4.78, 5) is 9.88. The van der Waals surface area contributed by atoms with Gasteiger partial charge in [-0.3, -0.25) is 4.99 Å². The minimum Gasteiger partial charge on any atom is -0.356 e. The largest absolute Gasteiger partial charge is 0.356 e. The molecule has 1 aromatic heterocycles. The molecule has 1 aromatic carbocycles. The Morgan fingerprint density at radius 1 is 1.17 bits per heavy atom. The van der Waals surface area contributed by atoms with Crippen molar-refractivity contribution in [1.82, 2.24) is 15.6 Å². The molecule has 0 unspecified atom stereocenters. The molecular weight excluding hydrogens is 330 g/mol. The summed E-state index contributed by atoms with van der Waals surface area (Å²) in [5.41, 5.74) is 1.56. The van der Waals surface area contributed by atoms with Crippen LogP contribution in [0.15, 0.2) is 23.2 Å². The van der Waals surface area contributed by atoms with Gasteiger partial charge in [0, 0.05) is 37.5 Å². The molecule has 2 rings (SSSR count). The Labute approximate surface area is 145 Å². The van der Waals surface area contributed by atoms with Gasteiger partial charge in [0.05, 0.1) is 10.7 Å². The number of hydrogen-bond acceptors (Lipinski definition) is 3. The zero-order chi connectivity index (χ0) is 17.5. The second-order valence-electron chi connectivity index (χ2n) is 5.41. The molecule has 1 heterocycles. The third-order valence-corrected chi connectivity index (χ3v) is 4.76. The fourth-order valence-electron chi connectivity index (χ4n) is 2.19. The molecule has 130 valence electrons. The van der Waals surface area contributed by atoms with E-state index in [1.54, 1.807) is 18.4 Å². The monoisotopic (exact) mass is 352 g/mol. The maximum absolute atomic E-state index is 13.6. The van der Waals surface area contributed by atoms with Crippen molar-refractivity contribution in [2.24, 2.45) is 4.99 Å². The van der Waals surface area contributed by atoms with Gasteiger partial charge in [-0.15, -0.1) is 11.3 Å². The predicted octanol–water partition coefficient (Wildman–Crippen LogP) is 2.99. The van der Waals surface area contributed by atoms with E-state index in [-0.39, 0.29) is 0 Å². The van der Waals surface area contributed by atoms with Gasteiger partial charge < -0.3 is 10.6 Å². The Hall–Kier alpha value is -2.02. The molecule has 0 amide bonds. The number of hydrogen-bond donors (Lipinski definition) is 2. The summed E-state index contributed by atoms with van der Waals surface area (Å²) in [6, 6.07) is 3.64. The molecule has 0 aliphatic heterocycles. The highest BCUT2D eigenvalue weighted by Crippen LogP contribution is 2.16. The average Bonchev–Trinajstić information content (AvgIpc) is 2.86. The van der Waals surface area contributed by atoms with Gasteiger partial charge in [0.15, 0.2) is 5.96 Å². The topological polar surface area (TPSA) is 49.3 Å². The van der Waals surface area contributed by atoms with Gasteiger partial charge in [0.25, 0.3) is 0 Å². The van der Waals surface area contributed by atoms with Gasteiger partial charge in [-0.1, -0.05) is 6.07 Å². The number of halogens is 2. The van der Waals surface area contributed by atoms with E-state index < -0.39 is 11.6 Å². The first kappa shape index (κ1) is 18.3. The quantitative estimate of drug-likeness (QED) is 0.621. The molecule has 2 aromatic rings. The zero-order valence-electron chi connectivity index (χ0n) is 14.1. The molecule has 0 aliphatic rings. The van der Waals surface area contributed by atoms with Crippen LogP contribution in [0.1, 0.15) is 21.1 Å². The molecule has 24 heavy (non-hydrogen) atoms. The van der Waals surface area contributed by atoms with Crippen LogP contribution in [0.3, 0.4) is 0 Å². The Morgan fingerprint density at radius 3 is 2.46 bits per heavy atom. The fourth-order valence-corrected chi connectivity index (χ4v) is 3.13. The molecule has 0 aliphatic carbocycles. The number of benzene rings is 1. The van der Waals surface area contributed by atoms with Crippen LogP contribution in [0.2, 0.25) is 0 Å². The van der Waals surface area contributed by atoms with Crippen molar-refractivity contribution >= 4 is 17.3 Å². The van der Waals surface area contributed by atoms with Crippen molar-refractivity contribution in [3.05, 3.63) is 51.0 Å². The van der Waals surface area contributed by atoms with E-state index in [2.05, 4.69) is 27.5 Å². The summed E-state index contributed by atoms with van der Waals surface area (Å²) in [5.74, 6) is -0.425. The van der Waals surface area contributed by atoms with Gasteiger partial charge in [-0.05, 0) is 31.9 Å². The van der Waals surface area contributed by atoms with Crippen LogP contribution in [0.25, 0.3) is 0 Å². The zero-order valence-corrected chi connectivity index (χ0v) is 14.9. The van der Waals surface area contributed by atoms with Gasteiger partial charge in [0.2, 0.25) is 0 Å². The van der Waals surface area contributed by atoms with Crippen molar-refractivity contribution in [3.8, 4) is 0 Å². The Kier molecular flexibility index (Phi) is 6.66.